The van der Waals surface area contributed by atoms with Gasteiger partial charge in [-0.05, 0) is 55.7 Å². The number of pyridine rings is 1. The molecule has 7 nitrogen and oxygen atoms in total. The first kappa shape index (κ1) is 24.0. The van der Waals surface area contributed by atoms with E-state index in [4.69, 9.17) is 5.73 Å². The molecular weight excluding hydrogens is 493 g/mol. The number of aromatic nitrogens is 2. The topological polar surface area (TPSA) is 107 Å². The van der Waals surface area contributed by atoms with Gasteiger partial charge in [0, 0.05) is 22.8 Å². The quantitative estimate of drug-likeness (QED) is 0.391. The van der Waals surface area contributed by atoms with Crippen LogP contribution in [0.2, 0.25) is 0 Å². The van der Waals surface area contributed by atoms with Gasteiger partial charge in [-0.2, -0.15) is 13.2 Å². The third-order valence-corrected chi connectivity index (χ3v) is 7.87. The lowest BCUT2D eigenvalue weighted by Gasteiger charge is -2.14. The van der Waals surface area contributed by atoms with Crippen LogP contribution in [0.1, 0.15) is 35.7 Å². The van der Waals surface area contributed by atoms with Gasteiger partial charge in [0.15, 0.2) is 0 Å². The Morgan fingerprint density at radius 3 is 2.28 bits per heavy atom. The van der Waals surface area contributed by atoms with Gasteiger partial charge in [0.2, 0.25) is 10.0 Å². The van der Waals surface area contributed by atoms with Crippen molar-refractivity contribution in [1.29, 1.82) is 0 Å². The number of para-hydroxylation sites is 1. The van der Waals surface area contributed by atoms with E-state index in [1.54, 1.807) is 34.9 Å². The number of nitrogens with two attached hydrogens (primary N) is 1. The molecule has 2 aromatic carbocycles. The Morgan fingerprint density at radius 1 is 1.08 bits per heavy atom. The number of nitrogens with zero attached hydrogens (tertiary/aromatic N) is 2. The third-order valence-electron chi connectivity index (χ3n) is 6.22. The highest BCUT2D eigenvalue weighted by atomic mass is 32.2. The molecule has 0 spiro atoms. The van der Waals surface area contributed by atoms with Crippen LogP contribution >= 0.6 is 0 Å². The molecule has 0 atom stereocenters. The van der Waals surface area contributed by atoms with Gasteiger partial charge in [-0.1, -0.05) is 30.3 Å². The van der Waals surface area contributed by atoms with Crippen molar-refractivity contribution in [2.45, 2.75) is 36.4 Å². The fraction of sp³-hybridized carbons (Fsp3) is 0.200. The molecule has 36 heavy (non-hydrogen) atoms. The van der Waals surface area contributed by atoms with Crippen molar-refractivity contribution in [3.8, 4) is 16.9 Å². The smallest absolute Gasteiger partial charge is 0.366 e. The molecule has 0 aliphatic heterocycles. The largest absolute Gasteiger partial charge is 0.417 e. The molecule has 0 saturated heterocycles. The maximum Gasteiger partial charge on any atom is 0.417 e. The van der Waals surface area contributed by atoms with Crippen LogP contribution in [-0.4, -0.2) is 29.4 Å². The Hall–Kier alpha value is -3.70. The molecule has 1 aliphatic carbocycles. The number of hydrogen-bond acceptors (Lipinski definition) is 4. The Kier molecular flexibility index (Phi) is 5.45. The van der Waals surface area contributed by atoms with Crippen LogP contribution in [0.5, 0.6) is 0 Å². The number of halogens is 3. The number of benzene rings is 2. The highest BCUT2D eigenvalue weighted by Crippen LogP contribution is 2.39. The Morgan fingerprint density at radius 2 is 1.72 bits per heavy atom. The van der Waals surface area contributed by atoms with Crippen molar-refractivity contribution < 1.29 is 26.4 Å². The van der Waals surface area contributed by atoms with Crippen LogP contribution in [0.3, 0.4) is 0 Å². The number of primary amides is 1. The molecule has 0 unspecified atom stereocenters. The minimum absolute atomic E-state index is 0.0276. The summed E-state index contributed by atoms with van der Waals surface area (Å²) in [7, 11) is -3.78. The van der Waals surface area contributed by atoms with E-state index in [9.17, 15) is 26.4 Å². The van der Waals surface area contributed by atoms with E-state index in [0.29, 0.717) is 17.4 Å². The fourth-order valence-corrected chi connectivity index (χ4v) is 5.60. The molecule has 11 heteroatoms. The number of rotatable bonds is 6. The minimum atomic E-state index is -4.67. The van der Waals surface area contributed by atoms with Crippen LogP contribution < -0.4 is 10.5 Å². The summed E-state index contributed by atoms with van der Waals surface area (Å²) in [4.78, 5) is 16.7. The van der Waals surface area contributed by atoms with Gasteiger partial charge in [0.25, 0.3) is 5.91 Å². The summed E-state index contributed by atoms with van der Waals surface area (Å²) in [6, 6.07) is 15.3. The van der Waals surface area contributed by atoms with E-state index >= 15 is 0 Å². The molecule has 0 bridgehead atoms. The average Bonchev–Trinajstić information content (AvgIpc) is 3.43. The number of carbonyl (C=O) groups excluding carboxylic acids is 1. The highest BCUT2D eigenvalue weighted by Gasteiger charge is 2.41. The predicted molar refractivity (Wildman–Crippen MR) is 128 cm³/mol. The molecule has 1 fully saturated rings. The number of fused-ring (bicyclic) bond motifs is 1. The Bertz CT molecular complexity index is 1590. The minimum Gasteiger partial charge on any atom is -0.366 e. The molecule has 5 rings (SSSR count). The average molecular weight is 515 g/mol. The van der Waals surface area contributed by atoms with E-state index in [2.05, 4.69) is 9.71 Å². The van der Waals surface area contributed by atoms with E-state index in [0.717, 1.165) is 18.9 Å². The van der Waals surface area contributed by atoms with Gasteiger partial charge in [-0.25, -0.2) is 18.1 Å². The highest BCUT2D eigenvalue weighted by molar-refractivity contribution is 7.89. The monoisotopic (exact) mass is 514 g/mol. The van der Waals surface area contributed by atoms with Gasteiger partial charge in [-0.15, -0.1) is 0 Å². The van der Waals surface area contributed by atoms with Crippen LogP contribution in [0, 0.1) is 0 Å². The third kappa shape index (κ3) is 4.24. The Labute approximate surface area is 204 Å². The first-order chi connectivity index (χ1) is 16.9. The second-order valence-corrected chi connectivity index (χ2v) is 10.7. The van der Waals surface area contributed by atoms with Crippen molar-refractivity contribution in [2.24, 2.45) is 5.73 Å². The fourth-order valence-electron chi connectivity index (χ4n) is 4.14. The maximum atomic E-state index is 13.5. The summed E-state index contributed by atoms with van der Waals surface area (Å²) < 4.78 is 70.1. The van der Waals surface area contributed by atoms with Crippen LogP contribution in [0.4, 0.5) is 13.2 Å². The van der Waals surface area contributed by atoms with E-state index in [1.165, 1.54) is 24.3 Å². The predicted octanol–water partition coefficient (Wildman–Crippen LogP) is 4.64. The molecule has 4 aromatic rings. The van der Waals surface area contributed by atoms with Crippen LogP contribution in [-0.2, 0) is 16.2 Å². The lowest BCUT2D eigenvalue weighted by molar-refractivity contribution is -0.137. The zero-order chi connectivity index (χ0) is 25.9. The number of amides is 1. The van der Waals surface area contributed by atoms with Gasteiger partial charge in [0.1, 0.15) is 5.65 Å². The molecule has 2 heterocycles. The molecule has 1 aliphatic rings. The summed E-state index contributed by atoms with van der Waals surface area (Å²) in [6.07, 6.45) is -2.48. The molecule has 2 aromatic heterocycles. The lowest BCUT2D eigenvalue weighted by atomic mass is 10.0. The number of nitrogens with one attached hydrogen (secondary N) is 1. The van der Waals surface area contributed by atoms with Crippen molar-refractivity contribution in [2.75, 3.05) is 0 Å². The number of alkyl halides is 3. The van der Waals surface area contributed by atoms with Crippen molar-refractivity contribution in [1.82, 2.24) is 14.3 Å². The maximum absolute atomic E-state index is 13.5. The standard InChI is InChI=1S/C25H21F3N4O3S/c1-24(11-12-24)31-36(34,35)18-9-7-15(8-10-18)21-20(22(29)33)19-13-16(25(26,27)28)14-30-23(19)32(21)17-5-3-2-4-6-17/h2-10,13-14,31H,11-12H2,1H3,(H2,29,33). The molecule has 3 N–H and O–H groups in total. The van der Waals surface area contributed by atoms with Gasteiger partial charge in [0.05, 0.1) is 21.7 Å². The van der Waals surface area contributed by atoms with E-state index in [1.807, 2.05) is 6.92 Å². The normalized spacial score (nSPS) is 15.2. The summed E-state index contributed by atoms with van der Waals surface area (Å²) in [5.74, 6) is -0.939. The second kappa shape index (κ2) is 8.17. The SMILES string of the molecule is CC1(NS(=O)(=O)c2ccc(-c3c(C(N)=O)c4cc(C(F)(F)F)cnc4n3-c3ccccc3)cc2)CC1. The number of hydrogen-bond donors (Lipinski definition) is 2. The first-order valence-corrected chi connectivity index (χ1v) is 12.5. The molecule has 1 amide bonds. The number of carbonyl (C=O) groups is 1. The van der Waals surface area contributed by atoms with E-state index < -0.39 is 33.2 Å². The lowest BCUT2D eigenvalue weighted by Crippen LogP contribution is -2.34. The van der Waals surface area contributed by atoms with Crippen molar-refractivity contribution >= 4 is 27.0 Å². The van der Waals surface area contributed by atoms with Crippen molar-refractivity contribution in [3.05, 3.63) is 78.0 Å². The van der Waals surface area contributed by atoms with E-state index in [-0.39, 0.29) is 27.2 Å². The molecule has 0 radical (unpaired) electrons. The molecule has 186 valence electrons. The van der Waals surface area contributed by atoms with Crippen LogP contribution in [0.15, 0.2) is 71.8 Å². The zero-order valence-electron chi connectivity index (χ0n) is 19.0. The first-order valence-electron chi connectivity index (χ1n) is 11.0. The van der Waals surface area contributed by atoms with Crippen LogP contribution in [0.25, 0.3) is 28.0 Å². The van der Waals surface area contributed by atoms with Gasteiger partial charge >= 0.3 is 6.18 Å². The second-order valence-electron chi connectivity index (χ2n) is 9.04. The summed E-state index contributed by atoms with van der Waals surface area (Å²) >= 11 is 0. The number of sulfonamides is 1. The van der Waals surface area contributed by atoms with Crippen molar-refractivity contribution in [3.63, 3.8) is 0 Å². The molecular formula is C25H21F3N4O3S. The summed E-state index contributed by atoms with van der Waals surface area (Å²) in [5.41, 5.74) is 5.30. The summed E-state index contributed by atoms with van der Waals surface area (Å²) in [5, 5.41) is -0.0591. The molecule has 1 saturated carbocycles. The summed E-state index contributed by atoms with van der Waals surface area (Å²) in [6.45, 7) is 1.82. The van der Waals surface area contributed by atoms with Gasteiger partial charge in [-0.3, -0.25) is 9.36 Å². The van der Waals surface area contributed by atoms with Gasteiger partial charge < -0.3 is 5.73 Å². The Balaban J connectivity index is 1.74. The zero-order valence-corrected chi connectivity index (χ0v) is 19.8.